The summed E-state index contributed by atoms with van der Waals surface area (Å²) in [6, 6.07) is 0. The molecule has 0 radical (unpaired) electrons. The summed E-state index contributed by atoms with van der Waals surface area (Å²) in [5.41, 5.74) is 1.04. The van der Waals surface area contributed by atoms with Crippen LogP contribution in [-0.2, 0) is 35.5 Å². The second-order valence-corrected chi connectivity index (χ2v) is 8.49. The van der Waals surface area contributed by atoms with Crippen molar-refractivity contribution in [3.8, 4) is 0 Å². The van der Waals surface area contributed by atoms with Gasteiger partial charge in [0, 0.05) is 4.88 Å². The fourth-order valence-electron chi connectivity index (χ4n) is 3.42. The Morgan fingerprint density at radius 2 is 2.19 bits per heavy atom. The molecule has 2 aromatic heterocycles. The molecule has 0 aliphatic heterocycles. The average molecular weight is 378 g/mol. The van der Waals surface area contributed by atoms with E-state index >= 15 is 0 Å². The second kappa shape index (κ2) is 7.88. The van der Waals surface area contributed by atoms with Crippen LogP contribution in [0.1, 0.15) is 43.0 Å². The highest BCUT2D eigenvalue weighted by molar-refractivity contribution is 7.18. The van der Waals surface area contributed by atoms with Crippen molar-refractivity contribution in [1.82, 2.24) is 14.5 Å². The molecule has 2 heterocycles. The van der Waals surface area contributed by atoms with Crippen LogP contribution < -0.4 is 5.56 Å². The monoisotopic (exact) mass is 377 g/mol. The highest BCUT2D eigenvalue weighted by atomic mass is 32.1. The number of hydrogen-bond donors (Lipinski definition) is 0. The summed E-state index contributed by atoms with van der Waals surface area (Å²) in [7, 11) is 3.86. The summed E-state index contributed by atoms with van der Waals surface area (Å²) in [5, 5.41) is 0.711. The third kappa shape index (κ3) is 3.83. The van der Waals surface area contributed by atoms with Gasteiger partial charge in [0.2, 0.25) is 0 Å². The van der Waals surface area contributed by atoms with Gasteiger partial charge in [-0.2, -0.15) is 0 Å². The zero-order chi connectivity index (χ0) is 18.8. The fourth-order valence-corrected chi connectivity index (χ4v) is 4.81. The number of fused-ring (bicyclic) bond motifs is 3. The first kappa shape index (κ1) is 19.0. The molecular formula is C19H27N3O3S. The maximum absolute atomic E-state index is 13.3. The van der Waals surface area contributed by atoms with Crippen molar-refractivity contribution in [2.24, 2.45) is 5.92 Å². The number of aryl methyl sites for hydroxylation is 1. The molecule has 0 saturated heterocycles. The maximum atomic E-state index is 13.3. The van der Waals surface area contributed by atoms with E-state index in [1.807, 2.05) is 25.9 Å². The first-order valence-corrected chi connectivity index (χ1v) is 10.1. The van der Waals surface area contributed by atoms with Crippen LogP contribution in [0.2, 0.25) is 0 Å². The lowest BCUT2D eigenvalue weighted by Gasteiger charge is -2.18. The molecule has 0 bridgehead atoms. The number of ether oxygens (including phenoxy) is 1. The van der Waals surface area contributed by atoms with Gasteiger partial charge in [0.15, 0.2) is 0 Å². The normalized spacial score (nSPS) is 16.9. The van der Waals surface area contributed by atoms with Gasteiger partial charge in [0.25, 0.3) is 5.56 Å². The predicted molar refractivity (Wildman–Crippen MR) is 104 cm³/mol. The van der Waals surface area contributed by atoms with Crippen LogP contribution >= 0.6 is 11.3 Å². The predicted octanol–water partition coefficient (Wildman–Crippen LogP) is 2.60. The Morgan fingerprint density at radius 1 is 1.42 bits per heavy atom. The molecule has 6 nitrogen and oxygen atoms in total. The SMILES string of the molecule is CCCOC(=O)Cn1c(CN(C)C)nc2sc3c(c2c1=O)CCC(C)C3. The van der Waals surface area contributed by atoms with Crippen LogP contribution in [0.25, 0.3) is 10.2 Å². The van der Waals surface area contributed by atoms with Crippen molar-refractivity contribution in [2.75, 3.05) is 20.7 Å². The summed E-state index contributed by atoms with van der Waals surface area (Å²) in [6.07, 6.45) is 3.78. The molecule has 1 aliphatic rings. The van der Waals surface area contributed by atoms with E-state index in [0.717, 1.165) is 36.1 Å². The zero-order valence-corrected chi connectivity index (χ0v) is 16.8. The molecule has 3 rings (SSSR count). The van der Waals surface area contributed by atoms with Crippen molar-refractivity contribution >= 4 is 27.5 Å². The Balaban J connectivity index is 2.09. The standard InChI is InChI=1S/C19H27N3O3S/c1-5-8-25-16(23)11-22-15(10-21(3)4)20-18-17(19(22)24)13-7-6-12(2)9-14(13)26-18/h12H,5-11H2,1-4H3. The molecular weight excluding hydrogens is 350 g/mol. The molecule has 1 aliphatic carbocycles. The van der Waals surface area contributed by atoms with Gasteiger partial charge >= 0.3 is 5.97 Å². The van der Waals surface area contributed by atoms with Gasteiger partial charge in [0.05, 0.1) is 18.5 Å². The maximum Gasteiger partial charge on any atom is 0.326 e. The van der Waals surface area contributed by atoms with E-state index in [4.69, 9.17) is 9.72 Å². The van der Waals surface area contributed by atoms with Gasteiger partial charge in [-0.25, -0.2) is 4.98 Å². The molecule has 7 heteroatoms. The molecule has 0 N–H and O–H groups in total. The molecule has 0 fully saturated rings. The Morgan fingerprint density at radius 3 is 2.88 bits per heavy atom. The number of rotatable bonds is 6. The van der Waals surface area contributed by atoms with Crippen LogP contribution in [0.15, 0.2) is 4.79 Å². The Hall–Kier alpha value is -1.73. The van der Waals surface area contributed by atoms with Gasteiger partial charge in [0.1, 0.15) is 17.2 Å². The summed E-state index contributed by atoms with van der Waals surface area (Å²) in [5.74, 6) is 0.878. The van der Waals surface area contributed by atoms with E-state index < -0.39 is 0 Å². The molecule has 0 spiro atoms. The van der Waals surface area contributed by atoms with Crippen LogP contribution in [-0.4, -0.2) is 41.1 Å². The molecule has 0 amide bonds. The number of carbonyl (C=O) groups is 1. The van der Waals surface area contributed by atoms with E-state index in [1.165, 1.54) is 9.44 Å². The molecule has 0 aromatic carbocycles. The van der Waals surface area contributed by atoms with E-state index in [1.54, 1.807) is 11.3 Å². The molecule has 0 saturated carbocycles. The van der Waals surface area contributed by atoms with Gasteiger partial charge in [-0.1, -0.05) is 13.8 Å². The second-order valence-electron chi connectivity index (χ2n) is 7.41. The summed E-state index contributed by atoms with van der Waals surface area (Å²) < 4.78 is 6.70. The largest absolute Gasteiger partial charge is 0.464 e. The number of nitrogens with zero attached hydrogens (tertiary/aromatic N) is 3. The van der Waals surface area contributed by atoms with E-state index in [2.05, 4.69) is 6.92 Å². The third-order valence-corrected chi connectivity index (χ3v) is 5.85. The molecule has 1 unspecified atom stereocenters. The highest BCUT2D eigenvalue weighted by Crippen LogP contribution is 2.35. The highest BCUT2D eigenvalue weighted by Gasteiger charge is 2.25. The minimum atomic E-state index is -0.382. The minimum absolute atomic E-state index is 0.0774. The van der Waals surface area contributed by atoms with Gasteiger partial charge in [-0.05, 0) is 51.3 Å². The first-order chi connectivity index (χ1) is 12.4. The minimum Gasteiger partial charge on any atom is -0.464 e. The van der Waals surface area contributed by atoms with Crippen molar-refractivity contribution < 1.29 is 9.53 Å². The van der Waals surface area contributed by atoms with E-state index in [9.17, 15) is 9.59 Å². The lowest BCUT2D eigenvalue weighted by atomic mass is 9.89. The quantitative estimate of drug-likeness (QED) is 0.724. The van der Waals surface area contributed by atoms with Gasteiger partial charge in [-0.15, -0.1) is 11.3 Å². The smallest absolute Gasteiger partial charge is 0.326 e. The van der Waals surface area contributed by atoms with E-state index in [0.29, 0.717) is 30.3 Å². The number of hydrogen-bond acceptors (Lipinski definition) is 6. The molecule has 1 atom stereocenters. The molecule has 2 aromatic rings. The third-order valence-electron chi connectivity index (χ3n) is 4.71. The lowest BCUT2D eigenvalue weighted by Crippen LogP contribution is -2.31. The van der Waals surface area contributed by atoms with Crippen molar-refractivity contribution in [2.45, 2.75) is 52.6 Å². The number of esters is 1. The Labute approximate surface area is 157 Å². The van der Waals surface area contributed by atoms with Crippen LogP contribution in [0.3, 0.4) is 0 Å². The van der Waals surface area contributed by atoms with Gasteiger partial charge < -0.3 is 9.64 Å². The van der Waals surface area contributed by atoms with E-state index in [-0.39, 0.29) is 18.1 Å². The summed E-state index contributed by atoms with van der Waals surface area (Å²) in [4.78, 5) is 34.2. The van der Waals surface area contributed by atoms with Crippen molar-refractivity contribution in [3.63, 3.8) is 0 Å². The Kier molecular flexibility index (Phi) is 5.77. The number of thiophene rings is 1. The first-order valence-electron chi connectivity index (χ1n) is 9.25. The summed E-state index contributed by atoms with van der Waals surface area (Å²) in [6.45, 7) is 5.00. The van der Waals surface area contributed by atoms with Crippen LogP contribution in [0.4, 0.5) is 0 Å². The molecule has 26 heavy (non-hydrogen) atoms. The van der Waals surface area contributed by atoms with Crippen molar-refractivity contribution in [1.29, 1.82) is 0 Å². The number of aromatic nitrogens is 2. The van der Waals surface area contributed by atoms with Crippen LogP contribution in [0.5, 0.6) is 0 Å². The zero-order valence-electron chi connectivity index (χ0n) is 16.0. The molecule has 142 valence electrons. The van der Waals surface area contributed by atoms with Crippen molar-refractivity contribution in [3.05, 3.63) is 26.6 Å². The summed E-state index contributed by atoms with van der Waals surface area (Å²) >= 11 is 1.64. The topological polar surface area (TPSA) is 64.4 Å². The lowest BCUT2D eigenvalue weighted by molar-refractivity contribution is -0.144. The van der Waals surface area contributed by atoms with Gasteiger partial charge in [-0.3, -0.25) is 14.2 Å². The number of carbonyl (C=O) groups excluding carboxylic acids is 1. The fraction of sp³-hybridized carbons (Fsp3) is 0.632. The average Bonchev–Trinajstić information content (AvgIpc) is 2.93. The Bertz CT molecular complexity index is 869. The van der Waals surface area contributed by atoms with Crippen LogP contribution in [0, 0.1) is 5.92 Å².